The molecule has 0 aliphatic carbocycles. The highest BCUT2D eigenvalue weighted by Crippen LogP contribution is 2.23. The zero-order valence-corrected chi connectivity index (χ0v) is 15.5. The summed E-state index contributed by atoms with van der Waals surface area (Å²) in [5.74, 6) is 2.49. The van der Waals surface area contributed by atoms with Crippen LogP contribution in [0.5, 0.6) is 0 Å². The average Bonchev–Trinajstić information content (AvgIpc) is 2.18. The summed E-state index contributed by atoms with van der Waals surface area (Å²) in [5, 5.41) is 0. The summed E-state index contributed by atoms with van der Waals surface area (Å²) in [5.41, 5.74) is 4.38. The lowest BCUT2D eigenvalue weighted by molar-refractivity contribution is 1.25. The molecule has 17 heavy (non-hydrogen) atoms. The van der Waals surface area contributed by atoms with Gasteiger partial charge < -0.3 is 0 Å². The molecule has 0 heterocycles. The number of aryl methyl sites for hydroxylation is 2. The van der Waals surface area contributed by atoms with Crippen molar-refractivity contribution in [1.29, 1.82) is 0 Å². The van der Waals surface area contributed by atoms with Gasteiger partial charge in [0.25, 0.3) is 0 Å². The summed E-state index contributed by atoms with van der Waals surface area (Å²) < 4.78 is 1.39. The molecule has 0 saturated carbocycles. The van der Waals surface area contributed by atoms with Gasteiger partial charge >= 0.3 is 0 Å². The number of halogens is 1. The highest BCUT2D eigenvalue weighted by atomic mass is 127. The van der Waals surface area contributed by atoms with E-state index in [0.717, 1.165) is 0 Å². The first kappa shape index (κ1) is 15.6. The van der Waals surface area contributed by atoms with Crippen molar-refractivity contribution in [2.75, 3.05) is 5.75 Å². The molecule has 3 heteroatoms. The lowest BCUT2D eigenvalue weighted by Gasteiger charge is -2.15. The summed E-state index contributed by atoms with van der Waals surface area (Å²) in [6.07, 6.45) is 0. The second-order valence-corrected chi connectivity index (χ2v) is 13.8. The summed E-state index contributed by atoms with van der Waals surface area (Å²) in [4.78, 5) is 0. The number of thioether (sulfide) groups is 1. The number of hydrogen-bond acceptors (Lipinski definition) is 1. The monoisotopic (exact) mass is 378 g/mol. The Kier molecular flexibility index (Phi) is 6.06. The fourth-order valence-electron chi connectivity index (χ4n) is 1.56. The van der Waals surface area contributed by atoms with E-state index in [0.29, 0.717) is 0 Å². The summed E-state index contributed by atoms with van der Waals surface area (Å²) >= 11 is 4.52. The Labute approximate surface area is 125 Å². The van der Waals surface area contributed by atoms with Gasteiger partial charge in [-0.25, -0.2) is 0 Å². The highest BCUT2D eigenvalue weighted by molar-refractivity contribution is 14.1. The smallest absolute Gasteiger partial charge is 0.0450 e. The molecule has 0 atom stereocenters. The Bertz CT molecular complexity index is 383. The molecule has 0 nitrogen and oxygen atoms in total. The van der Waals surface area contributed by atoms with Crippen molar-refractivity contribution in [1.82, 2.24) is 0 Å². The van der Waals surface area contributed by atoms with E-state index in [4.69, 9.17) is 0 Å². The van der Waals surface area contributed by atoms with Crippen LogP contribution in [0.3, 0.4) is 0 Å². The van der Waals surface area contributed by atoms with E-state index in [-0.39, 0.29) is 0 Å². The quantitative estimate of drug-likeness (QED) is 0.371. The van der Waals surface area contributed by atoms with Gasteiger partial charge in [0.2, 0.25) is 0 Å². The Morgan fingerprint density at radius 1 is 1.12 bits per heavy atom. The maximum Gasteiger partial charge on any atom is 0.0450 e. The van der Waals surface area contributed by atoms with Crippen LogP contribution in [0.15, 0.2) is 12.1 Å². The lowest BCUT2D eigenvalue weighted by Crippen LogP contribution is -2.19. The van der Waals surface area contributed by atoms with E-state index in [9.17, 15) is 0 Å². The molecule has 0 aliphatic heterocycles. The topological polar surface area (TPSA) is 0 Å². The SMILES string of the molecule is Cc1cc(CSCC[Si](C)(C)C)c(C)cc1I. The van der Waals surface area contributed by atoms with Crippen LogP contribution in [0.2, 0.25) is 25.7 Å². The van der Waals surface area contributed by atoms with Crippen molar-refractivity contribution < 1.29 is 0 Å². The van der Waals surface area contributed by atoms with Gasteiger partial charge in [-0.05, 0) is 71.0 Å². The van der Waals surface area contributed by atoms with Gasteiger partial charge in [-0.15, -0.1) is 0 Å². The molecule has 96 valence electrons. The van der Waals surface area contributed by atoms with E-state index in [1.54, 1.807) is 0 Å². The molecule has 0 amide bonds. The number of benzene rings is 1. The molecule has 1 aromatic rings. The standard InChI is InChI=1S/C14H23ISSi/c1-11-9-14(15)12(2)8-13(11)10-16-6-7-17(3,4)5/h8-9H,6-7,10H2,1-5H3. The van der Waals surface area contributed by atoms with Gasteiger partial charge in [-0.2, -0.15) is 11.8 Å². The third kappa shape index (κ3) is 5.79. The van der Waals surface area contributed by atoms with Crippen LogP contribution in [0.4, 0.5) is 0 Å². The minimum atomic E-state index is -0.851. The van der Waals surface area contributed by atoms with Gasteiger partial charge in [0.1, 0.15) is 0 Å². The van der Waals surface area contributed by atoms with Crippen LogP contribution in [0, 0.1) is 17.4 Å². The van der Waals surface area contributed by atoms with E-state index >= 15 is 0 Å². The minimum Gasteiger partial charge on any atom is -0.157 e. The number of rotatable bonds is 5. The van der Waals surface area contributed by atoms with Gasteiger partial charge in [0, 0.05) is 17.4 Å². The van der Waals surface area contributed by atoms with Crippen molar-refractivity contribution in [2.45, 2.75) is 45.3 Å². The van der Waals surface area contributed by atoms with Crippen LogP contribution in [0.1, 0.15) is 16.7 Å². The molecule has 0 radical (unpaired) electrons. The number of hydrogen-bond donors (Lipinski definition) is 0. The van der Waals surface area contributed by atoms with E-state index in [2.05, 4.69) is 80.0 Å². The fourth-order valence-corrected chi connectivity index (χ4v) is 5.88. The van der Waals surface area contributed by atoms with Crippen molar-refractivity contribution >= 4 is 42.4 Å². The van der Waals surface area contributed by atoms with E-state index < -0.39 is 8.07 Å². The maximum absolute atomic E-state index is 2.45. The van der Waals surface area contributed by atoms with Gasteiger partial charge in [0.15, 0.2) is 0 Å². The second-order valence-electron chi connectivity index (χ2n) is 5.89. The molecule has 0 saturated heterocycles. The first-order valence-corrected chi connectivity index (χ1v) is 12.1. The zero-order chi connectivity index (χ0) is 13.1. The summed E-state index contributed by atoms with van der Waals surface area (Å²) in [6, 6.07) is 6.10. The highest BCUT2D eigenvalue weighted by Gasteiger charge is 2.12. The molecular weight excluding hydrogens is 355 g/mol. The molecule has 0 aliphatic rings. The van der Waals surface area contributed by atoms with Gasteiger partial charge in [0.05, 0.1) is 0 Å². The van der Waals surface area contributed by atoms with Crippen molar-refractivity contribution in [3.05, 3.63) is 32.4 Å². The third-order valence-electron chi connectivity index (χ3n) is 2.87. The Morgan fingerprint density at radius 2 is 1.76 bits per heavy atom. The zero-order valence-electron chi connectivity index (χ0n) is 11.6. The Morgan fingerprint density at radius 3 is 2.35 bits per heavy atom. The van der Waals surface area contributed by atoms with E-state index in [1.165, 1.54) is 37.8 Å². The third-order valence-corrected chi connectivity index (χ3v) is 7.15. The van der Waals surface area contributed by atoms with E-state index in [1.807, 2.05) is 0 Å². The first-order valence-electron chi connectivity index (χ1n) is 6.13. The summed E-state index contributed by atoms with van der Waals surface area (Å²) in [6.45, 7) is 11.8. The normalized spacial score (nSPS) is 11.9. The molecule has 0 spiro atoms. The first-order chi connectivity index (χ1) is 7.79. The maximum atomic E-state index is 2.45. The van der Waals surface area contributed by atoms with Gasteiger partial charge in [-0.1, -0.05) is 25.7 Å². The average molecular weight is 378 g/mol. The van der Waals surface area contributed by atoms with Crippen LogP contribution in [-0.4, -0.2) is 13.8 Å². The molecular formula is C14H23ISSi. The van der Waals surface area contributed by atoms with Crippen LogP contribution < -0.4 is 0 Å². The van der Waals surface area contributed by atoms with Crippen molar-refractivity contribution in [3.63, 3.8) is 0 Å². The van der Waals surface area contributed by atoms with Crippen LogP contribution in [0.25, 0.3) is 0 Å². The minimum absolute atomic E-state index is 0.851. The molecule has 1 aromatic carbocycles. The molecule has 0 fully saturated rings. The van der Waals surface area contributed by atoms with Crippen molar-refractivity contribution in [3.8, 4) is 0 Å². The fraction of sp³-hybridized carbons (Fsp3) is 0.571. The molecule has 0 N–H and O–H groups in total. The molecule has 0 bridgehead atoms. The van der Waals surface area contributed by atoms with Crippen LogP contribution >= 0.6 is 34.4 Å². The Balaban J connectivity index is 2.50. The summed E-state index contributed by atoms with van der Waals surface area (Å²) in [7, 11) is -0.851. The molecule has 0 aromatic heterocycles. The van der Waals surface area contributed by atoms with Crippen molar-refractivity contribution in [2.24, 2.45) is 0 Å². The Hall–Kier alpha value is 0.517. The van der Waals surface area contributed by atoms with Crippen LogP contribution in [-0.2, 0) is 5.75 Å². The lowest BCUT2D eigenvalue weighted by atomic mass is 10.1. The largest absolute Gasteiger partial charge is 0.157 e. The second kappa shape index (κ2) is 6.62. The van der Waals surface area contributed by atoms with Gasteiger partial charge in [-0.3, -0.25) is 0 Å². The molecule has 1 rings (SSSR count). The molecule has 0 unspecified atom stereocenters. The predicted octanol–water partition coefficient (Wildman–Crippen LogP) is 5.48. The predicted molar refractivity (Wildman–Crippen MR) is 92.9 cm³/mol.